The quantitative estimate of drug-likeness (QED) is 0.662. The van der Waals surface area contributed by atoms with Gasteiger partial charge in [0.15, 0.2) is 0 Å². The number of carboxylic acids is 1. The number of fused-ring (bicyclic) bond motifs is 1. The van der Waals surface area contributed by atoms with Crippen LogP contribution in [0.3, 0.4) is 0 Å². The molecule has 150 valence electrons. The number of aryl methyl sites for hydroxylation is 1. The van der Waals surface area contributed by atoms with E-state index in [9.17, 15) is 9.90 Å². The molecule has 4 rings (SSSR count). The summed E-state index contributed by atoms with van der Waals surface area (Å²) < 4.78 is 4.09. The van der Waals surface area contributed by atoms with E-state index in [-0.39, 0.29) is 16.2 Å². The average Bonchev–Trinajstić information content (AvgIpc) is 3.42. The van der Waals surface area contributed by atoms with Crippen LogP contribution in [0, 0.1) is 6.92 Å². The van der Waals surface area contributed by atoms with Crippen LogP contribution in [-0.2, 0) is 21.0 Å². The van der Waals surface area contributed by atoms with E-state index in [2.05, 4.69) is 55.8 Å². The van der Waals surface area contributed by atoms with Crippen molar-refractivity contribution >= 4 is 12.2 Å². The molecule has 0 radical (unpaired) electrons. The Hall–Kier alpha value is -1.43. The Labute approximate surface area is 178 Å². The van der Waals surface area contributed by atoms with Crippen molar-refractivity contribution in [2.24, 2.45) is 4.99 Å². The first-order valence-corrected chi connectivity index (χ1v) is 12.5. The molecule has 0 unspecified atom stereocenters. The summed E-state index contributed by atoms with van der Waals surface area (Å²) in [5, 5.41) is 9.30. The molecule has 1 aliphatic heterocycles. The number of allylic oxidation sites excluding steroid dienone is 1. The van der Waals surface area contributed by atoms with Gasteiger partial charge in [-0.05, 0) is 0 Å². The number of halogens is 1. The summed E-state index contributed by atoms with van der Waals surface area (Å²) in [4.78, 5) is 16.0. The number of benzene rings is 1. The summed E-state index contributed by atoms with van der Waals surface area (Å²) >= 11 is -0.430. The van der Waals surface area contributed by atoms with Gasteiger partial charge in [0, 0.05) is 0 Å². The van der Waals surface area contributed by atoms with Gasteiger partial charge in [-0.3, -0.25) is 0 Å². The number of rotatable bonds is 3. The first kappa shape index (κ1) is 19.9. The number of hydrogen-bond acceptors (Lipinski definition) is 2. The second-order valence-electron chi connectivity index (χ2n) is 9.81. The molecule has 0 spiro atoms. The molecule has 1 saturated carbocycles. The number of aliphatic imine (C=N–C) groups is 1. The fraction of sp³-hybridized carbons (Fsp3) is 0.500. The standard InChI is InChI=1S/C24H29INO2/c1-15-10-18-19(23(4,5)7-6-22(18,2)3)11-17(15)24(8-9-24)20-13-25-12-16(14-26-20)21(27)28/h10-14H,6-9H2,1-5H3,(H,27,28)/q-1. The third kappa shape index (κ3) is 3.17. The Morgan fingerprint density at radius 3 is 2.14 bits per heavy atom. The summed E-state index contributed by atoms with van der Waals surface area (Å²) in [5.74, 6) is -0.878. The molecular weight excluding hydrogens is 461 g/mol. The van der Waals surface area contributed by atoms with Crippen LogP contribution in [0.5, 0.6) is 0 Å². The SMILES string of the molecule is Cc1cc2c(cc1C1(C3=C[I-]C=C(C(=O)O)C=N3)CC1)C(C)(C)CCC2(C)C. The second-order valence-corrected chi connectivity index (χ2v) is 11.8. The van der Waals surface area contributed by atoms with E-state index in [0.29, 0.717) is 5.57 Å². The number of hydrogen-bond donors (Lipinski definition) is 1. The first-order valence-electron chi connectivity index (χ1n) is 10.0. The fourth-order valence-electron chi connectivity index (χ4n) is 4.71. The molecule has 1 heterocycles. The van der Waals surface area contributed by atoms with Crippen molar-refractivity contribution in [3.63, 3.8) is 0 Å². The van der Waals surface area contributed by atoms with Crippen molar-refractivity contribution in [1.29, 1.82) is 0 Å². The number of carboxylic acid groups (broad SMARTS) is 1. The molecule has 4 heteroatoms. The summed E-state index contributed by atoms with van der Waals surface area (Å²) in [6.07, 6.45) is 6.19. The Morgan fingerprint density at radius 2 is 1.57 bits per heavy atom. The Balaban J connectivity index is 1.80. The molecule has 1 fully saturated rings. The van der Waals surface area contributed by atoms with E-state index in [0.717, 1.165) is 18.5 Å². The van der Waals surface area contributed by atoms with E-state index in [1.165, 1.54) is 35.1 Å². The van der Waals surface area contributed by atoms with Gasteiger partial charge in [0.25, 0.3) is 0 Å². The fourth-order valence-corrected chi connectivity index (χ4v) is 6.80. The van der Waals surface area contributed by atoms with Crippen LogP contribution in [0.4, 0.5) is 0 Å². The van der Waals surface area contributed by atoms with Crippen LogP contribution in [0.2, 0.25) is 0 Å². The van der Waals surface area contributed by atoms with E-state index < -0.39 is 27.2 Å². The number of carbonyl (C=O) groups is 1. The van der Waals surface area contributed by atoms with E-state index in [1.54, 1.807) is 6.21 Å². The van der Waals surface area contributed by atoms with Gasteiger partial charge in [-0.25, -0.2) is 0 Å². The predicted molar refractivity (Wildman–Crippen MR) is 110 cm³/mol. The van der Waals surface area contributed by atoms with Crippen molar-refractivity contribution in [3.8, 4) is 0 Å². The topological polar surface area (TPSA) is 49.7 Å². The Morgan fingerprint density at radius 1 is 0.964 bits per heavy atom. The van der Waals surface area contributed by atoms with Crippen molar-refractivity contribution in [2.75, 3.05) is 0 Å². The molecule has 0 aromatic heterocycles. The molecule has 3 aliphatic rings. The number of nitrogens with zero attached hydrogens (tertiary/aromatic N) is 1. The van der Waals surface area contributed by atoms with Crippen LogP contribution < -0.4 is 21.2 Å². The maximum absolute atomic E-state index is 11.3. The van der Waals surface area contributed by atoms with Crippen LogP contribution in [-0.4, -0.2) is 17.3 Å². The molecule has 1 aromatic carbocycles. The van der Waals surface area contributed by atoms with Crippen molar-refractivity contribution in [3.05, 3.63) is 53.8 Å². The van der Waals surface area contributed by atoms with Gasteiger partial charge in [0.2, 0.25) is 0 Å². The van der Waals surface area contributed by atoms with Crippen LogP contribution in [0.15, 0.2) is 36.6 Å². The van der Waals surface area contributed by atoms with Crippen molar-refractivity contribution in [2.45, 2.75) is 76.5 Å². The molecule has 2 aliphatic carbocycles. The summed E-state index contributed by atoms with van der Waals surface area (Å²) in [6, 6.07) is 4.91. The monoisotopic (exact) mass is 490 g/mol. The van der Waals surface area contributed by atoms with E-state index in [1.807, 2.05) is 4.08 Å². The van der Waals surface area contributed by atoms with Crippen LogP contribution in [0.25, 0.3) is 0 Å². The minimum absolute atomic E-state index is 0.0191. The van der Waals surface area contributed by atoms with Crippen molar-refractivity contribution in [1.82, 2.24) is 0 Å². The summed E-state index contributed by atoms with van der Waals surface area (Å²) in [5.41, 5.74) is 7.56. The molecule has 1 aromatic rings. The van der Waals surface area contributed by atoms with Gasteiger partial charge in [0.05, 0.1) is 0 Å². The summed E-state index contributed by atoms with van der Waals surface area (Å²) in [7, 11) is 0. The molecule has 1 N–H and O–H groups in total. The average molecular weight is 490 g/mol. The zero-order valence-electron chi connectivity index (χ0n) is 17.4. The maximum atomic E-state index is 11.3. The zero-order chi connectivity index (χ0) is 20.3. The third-order valence-electron chi connectivity index (χ3n) is 6.89. The molecular formula is C24H29INO2-. The zero-order valence-corrected chi connectivity index (χ0v) is 19.6. The van der Waals surface area contributed by atoms with Crippen molar-refractivity contribution < 1.29 is 31.1 Å². The Bertz CT molecular complexity index is 946. The molecule has 0 atom stereocenters. The number of aliphatic carboxylic acids is 1. The van der Waals surface area contributed by atoms with Gasteiger partial charge in [-0.15, -0.1) is 0 Å². The first-order chi connectivity index (χ1) is 13.1. The molecule has 0 saturated heterocycles. The third-order valence-corrected chi connectivity index (χ3v) is 8.87. The molecule has 28 heavy (non-hydrogen) atoms. The normalized spacial score (nSPS) is 24.2. The van der Waals surface area contributed by atoms with Gasteiger partial charge >= 0.3 is 179 Å². The van der Waals surface area contributed by atoms with Gasteiger partial charge in [0.1, 0.15) is 0 Å². The minimum atomic E-state index is -0.878. The van der Waals surface area contributed by atoms with Gasteiger partial charge in [-0.2, -0.15) is 0 Å². The summed E-state index contributed by atoms with van der Waals surface area (Å²) in [6.45, 7) is 11.7. The van der Waals surface area contributed by atoms with Gasteiger partial charge in [-0.1, -0.05) is 0 Å². The predicted octanol–water partition coefficient (Wildman–Crippen LogP) is 2.36. The molecule has 3 nitrogen and oxygen atoms in total. The second kappa shape index (κ2) is 6.54. The van der Waals surface area contributed by atoms with Gasteiger partial charge < -0.3 is 0 Å². The van der Waals surface area contributed by atoms with Crippen LogP contribution in [0.1, 0.15) is 75.6 Å². The van der Waals surface area contributed by atoms with E-state index >= 15 is 0 Å². The molecule has 0 amide bonds. The van der Waals surface area contributed by atoms with Crippen LogP contribution >= 0.6 is 0 Å². The van der Waals surface area contributed by atoms with E-state index in [4.69, 9.17) is 0 Å². The molecule has 0 bridgehead atoms. The Kier molecular flexibility index (Phi) is 4.64.